The van der Waals surface area contributed by atoms with Crippen molar-refractivity contribution in [2.24, 2.45) is 0 Å². The maximum absolute atomic E-state index is 9.05. The number of rotatable bonds is 3. The molecule has 1 atom stereocenters. The van der Waals surface area contributed by atoms with Crippen LogP contribution in [-0.4, -0.2) is 17.1 Å². The molecular formula is C10H13OS+. The molecule has 0 saturated carbocycles. The minimum Gasteiger partial charge on any atom is -0.508 e. The quantitative estimate of drug-likeness (QED) is 0.560. The van der Waals surface area contributed by atoms with Crippen molar-refractivity contribution in [2.75, 3.05) is 12.0 Å². The van der Waals surface area contributed by atoms with Crippen LogP contribution in [0.3, 0.4) is 0 Å². The molecule has 0 spiro atoms. The van der Waals surface area contributed by atoms with E-state index in [-0.39, 0.29) is 10.9 Å². The van der Waals surface area contributed by atoms with Crippen LogP contribution in [0.4, 0.5) is 0 Å². The molecule has 1 rings (SSSR count). The van der Waals surface area contributed by atoms with E-state index in [2.05, 4.69) is 12.8 Å². The molecule has 1 N–H and O–H groups in total. The first-order valence-corrected chi connectivity index (χ1v) is 5.56. The number of hydrogen-bond acceptors (Lipinski definition) is 1. The number of benzene rings is 1. The van der Waals surface area contributed by atoms with Gasteiger partial charge in [-0.2, -0.15) is 0 Å². The van der Waals surface area contributed by atoms with Crippen LogP contribution in [0.2, 0.25) is 0 Å². The smallest absolute Gasteiger partial charge is 0.155 e. The van der Waals surface area contributed by atoms with Gasteiger partial charge in [-0.1, -0.05) is 6.58 Å². The summed E-state index contributed by atoms with van der Waals surface area (Å²) in [5, 5.41) is 9.05. The highest BCUT2D eigenvalue weighted by Crippen LogP contribution is 2.15. The van der Waals surface area contributed by atoms with Crippen LogP contribution in [0, 0.1) is 0 Å². The predicted octanol–water partition coefficient (Wildman–Crippen LogP) is 2.19. The standard InChI is InChI=1S/C10H12OS/c1-3-8-12(2)10-6-4-9(11)5-7-10/h3-7H,1,8H2,2H3/p+1. The third kappa shape index (κ3) is 2.31. The lowest BCUT2D eigenvalue weighted by Crippen LogP contribution is -2.02. The average Bonchev–Trinajstić information content (AvgIpc) is 2.06. The summed E-state index contributed by atoms with van der Waals surface area (Å²) in [6.07, 6.45) is 4.10. The van der Waals surface area contributed by atoms with Gasteiger partial charge in [-0.3, -0.25) is 0 Å². The van der Waals surface area contributed by atoms with Crippen molar-refractivity contribution in [3.63, 3.8) is 0 Å². The predicted molar refractivity (Wildman–Crippen MR) is 54.7 cm³/mol. The molecule has 1 unspecified atom stereocenters. The van der Waals surface area contributed by atoms with Crippen LogP contribution in [0.5, 0.6) is 5.75 Å². The van der Waals surface area contributed by atoms with Crippen molar-refractivity contribution in [1.82, 2.24) is 0 Å². The highest BCUT2D eigenvalue weighted by molar-refractivity contribution is 7.96. The Morgan fingerprint density at radius 1 is 1.42 bits per heavy atom. The summed E-state index contributed by atoms with van der Waals surface area (Å²) in [5.41, 5.74) is 0. The lowest BCUT2D eigenvalue weighted by Gasteiger charge is -1.98. The fourth-order valence-corrected chi connectivity index (χ4v) is 2.10. The van der Waals surface area contributed by atoms with Gasteiger partial charge in [0.25, 0.3) is 0 Å². The van der Waals surface area contributed by atoms with Gasteiger partial charge in [0.05, 0.1) is 0 Å². The number of phenols is 1. The maximum Gasteiger partial charge on any atom is 0.155 e. The fraction of sp³-hybridized carbons (Fsp3) is 0.200. The van der Waals surface area contributed by atoms with E-state index in [4.69, 9.17) is 5.11 Å². The molecule has 0 aliphatic carbocycles. The molecule has 12 heavy (non-hydrogen) atoms. The lowest BCUT2D eigenvalue weighted by atomic mass is 10.3. The van der Waals surface area contributed by atoms with E-state index in [9.17, 15) is 0 Å². The van der Waals surface area contributed by atoms with E-state index in [0.717, 1.165) is 5.75 Å². The minimum atomic E-state index is 0.229. The highest BCUT2D eigenvalue weighted by Gasteiger charge is 2.11. The fourth-order valence-electron chi connectivity index (χ4n) is 0.951. The Kier molecular flexibility index (Phi) is 3.23. The number of phenolic OH excluding ortho intramolecular Hbond substituents is 1. The van der Waals surface area contributed by atoms with Gasteiger partial charge in [-0.25, -0.2) is 0 Å². The molecule has 0 aromatic heterocycles. The second kappa shape index (κ2) is 4.21. The first kappa shape index (κ1) is 9.20. The van der Waals surface area contributed by atoms with Gasteiger partial charge in [0, 0.05) is 10.9 Å². The third-order valence-corrected chi connectivity index (χ3v) is 3.42. The SMILES string of the molecule is C=CC[S+](C)c1ccc(O)cc1. The van der Waals surface area contributed by atoms with E-state index in [1.165, 1.54) is 4.90 Å². The molecule has 0 fully saturated rings. The summed E-state index contributed by atoms with van der Waals surface area (Å²) in [4.78, 5) is 1.27. The number of hydrogen-bond donors (Lipinski definition) is 1. The van der Waals surface area contributed by atoms with Gasteiger partial charge in [0.2, 0.25) is 0 Å². The maximum atomic E-state index is 9.05. The van der Waals surface area contributed by atoms with Gasteiger partial charge < -0.3 is 5.11 Å². The Morgan fingerprint density at radius 3 is 2.50 bits per heavy atom. The van der Waals surface area contributed by atoms with Crippen molar-refractivity contribution < 1.29 is 5.11 Å². The molecule has 0 bridgehead atoms. The first-order valence-electron chi connectivity index (χ1n) is 3.76. The first-order chi connectivity index (χ1) is 5.74. The zero-order chi connectivity index (χ0) is 8.97. The van der Waals surface area contributed by atoms with Crippen LogP contribution >= 0.6 is 0 Å². The summed E-state index contributed by atoms with van der Waals surface area (Å²) in [7, 11) is 0.229. The van der Waals surface area contributed by atoms with E-state index in [0.29, 0.717) is 5.75 Å². The highest BCUT2D eigenvalue weighted by atomic mass is 32.2. The van der Waals surface area contributed by atoms with E-state index < -0.39 is 0 Å². The molecule has 0 amide bonds. The molecule has 2 heteroatoms. The Balaban J connectivity index is 2.74. The van der Waals surface area contributed by atoms with Crippen LogP contribution in [-0.2, 0) is 10.9 Å². The van der Waals surface area contributed by atoms with Gasteiger partial charge in [0.1, 0.15) is 17.8 Å². The summed E-state index contributed by atoms with van der Waals surface area (Å²) in [5.74, 6) is 1.33. The monoisotopic (exact) mass is 181 g/mol. The van der Waals surface area contributed by atoms with Gasteiger partial charge in [-0.15, -0.1) is 0 Å². The van der Waals surface area contributed by atoms with Gasteiger partial charge in [-0.05, 0) is 30.3 Å². The van der Waals surface area contributed by atoms with E-state index >= 15 is 0 Å². The second-order valence-electron chi connectivity index (χ2n) is 2.59. The Hall–Kier alpha value is -0.890. The van der Waals surface area contributed by atoms with Crippen LogP contribution in [0.25, 0.3) is 0 Å². The molecule has 0 aliphatic rings. The molecule has 1 nitrogen and oxygen atoms in total. The molecule has 0 saturated heterocycles. The second-order valence-corrected chi connectivity index (χ2v) is 4.67. The zero-order valence-electron chi connectivity index (χ0n) is 7.16. The molecule has 1 aromatic rings. The topological polar surface area (TPSA) is 20.2 Å². The van der Waals surface area contributed by atoms with E-state index in [1.807, 2.05) is 18.2 Å². The van der Waals surface area contributed by atoms with Gasteiger partial charge in [0.15, 0.2) is 4.90 Å². The summed E-state index contributed by atoms with van der Waals surface area (Å²) in [6, 6.07) is 7.37. The number of aromatic hydroxyl groups is 1. The van der Waals surface area contributed by atoms with Crippen molar-refractivity contribution in [1.29, 1.82) is 0 Å². The van der Waals surface area contributed by atoms with Crippen LogP contribution in [0.15, 0.2) is 41.8 Å². The molecular weight excluding hydrogens is 168 g/mol. The Bertz CT molecular complexity index is 253. The molecule has 64 valence electrons. The summed E-state index contributed by atoms with van der Waals surface area (Å²) >= 11 is 0. The van der Waals surface area contributed by atoms with E-state index in [1.54, 1.807) is 12.1 Å². The Labute approximate surface area is 76.1 Å². The normalized spacial score (nSPS) is 12.4. The average molecular weight is 181 g/mol. The largest absolute Gasteiger partial charge is 0.508 e. The summed E-state index contributed by atoms with van der Waals surface area (Å²) < 4.78 is 0. The van der Waals surface area contributed by atoms with Crippen LogP contribution < -0.4 is 0 Å². The Morgan fingerprint density at radius 2 is 2.00 bits per heavy atom. The third-order valence-electron chi connectivity index (χ3n) is 1.61. The van der Waals surface area contributed by atoms with Crippen molar-refractivity contribution in [3.8, 4) is 5.75 Å². The van der Waals surface area contributed by atoms with Crippen molar-refractivity contribution in [3.05, 3.63) is 36.9 Å². The summed E-state index contributed by atoms with van der Waals surface area (Å²) in [6.45, 7) is 3.70. The van der Waals surface area contributed by atoms with Crippen molar-refractivity contribution in [2.45, 2.75) is 4.90 Å². The molecule has 0 aliphatic heterocycles. The zero-order valence-corrected chi connectivity index (χ0v) is 7.97. The van der Waals surface area contributed by atoms with Crippen molar-refractivity contribution >= 4 is 10.9 Å². The minimum absolute atomic E-state index is 0.229. The molecule has 0 radical (unpaired) electrons. The molecule has 0 heterocycles. The lowest BCUT2D eigenvalue weighted by molar-refractivity contribution is 0.475. The van der Waals surface area contributed by atoms with Crippen LogP contribution in [0.1, 0.15) is 0 Å². The molecule has 1 aromatic carbocycles. The van der Waals surface area contributed by atoms with Gasteiger partial charge >= 0.3 is 0 Å².